The number of hydrogen-bond donors (Lipinski definition) is 0. The van der Waals surface area contributed by atoms with Crippen LogP contribution >= 0.6 is 31.9 Å². The first-order valence-electron chi connectivity index (χ1n) is 5.14. The number of nitrogens with zero attached hydrogens (tertiary/aromatic N) is 2. The SMILES string of the molecule is Brc1cc(Br)n(CC2CCCCC2)n1. The standard InChI is InChI=1S/C10H14Br2N2/c11-9-6-10(12)14(13-9)7-8-4-2-1-3-5-8/h6,8H,1-5,7H2. The van der Waals surface area contributed by atoms with Crippen LogP contribution in [0.3, 0.4) is 0 Å². The fraction of sp³-hybridized carbons (Fsp3) is 0.700. The molecule has 1 aromatic rings. The first-order chi connectivity index (χ1) is 6.75. The molecule has 0 amide bonds. The zero-order chi connectivity index (χ0) is 9.97. The van der Waals surface area contributed by atoms with E-state index < -0.39 is 0 Å². The van der Waals surface area contributed by atoms with Gasteiger partial charge in [0.15, 0.2) is 0 Å². The van der Waals surface area contributed by atoms with Gasteiger partial charge in [-0.05, 0) is 50.6 Å². The highest BCUT2D eigenvalue weighted by atomic mass is 79.9. The van der Waals surface area contributed by atoms with Crippen molar-refractivity contribution in [3.63, 3.8) is 0 Å². The fourth-order valence-corrected chi connectivity index (χ4v) is 3.26. The van der Waals surface area contributed by atoms with Crippen molar-refractivity contribution in [1.82, 2.24) is 9.78 Å². The van der Waals surface area contributed by atoms with Gasteiger partial charge in [-0.25, -0.2) is 0 Å². The normalized spacial score (nSPS) is 18.7. The van der Waals surface area contributed by atoms with E-state index in [4.69, 9.17) is 0 Å². The van der Waals surface area contributed by atoms with E-state index in [1.807, 2.05) is 6.07 Å². The molecule has 1 aromatic heterocycles. The summed E-state index contributed by atoms with van der Waals surface area (Å²) in [6.07, 6.45) is 6.93. The highest BCUT2D eigenvalue weighted by molar-refractivity contribution is 9.11. The van der Waals surface area contributed by atoms with Crippen molar-refractivity contribution in [2.45, 2.75) is 38.6 Å². The van der Waals surface area contributed by atoms with E-state index in [1.165, 1.54) is 32.1 Å². The molecule has 2 nitrogen and oxygen atoms in total. The molecule has 0 N–H and O–H groups in total. The van der Waals surface area contributed by atoms with E-state index in [1.54, 1.807) is 0 Å². The van der Waals surface area contributed by atoms with Crippen LogP contribution in [-0.4, -0.2) is 9.78 Å². The van der Waals surface area contributed by atoms with Crippen molar-refractivity contribution >= 4 is 31.9 Å². The van der Waals surface area contributed by atoms with Crippen LogP contribution in [0.2, 0.25) is 0 Å². The summed E-state index contributed by atoms with van der Waals surface area (Å²) in [5, 5.41) is 4.39. The average molecular weight is 322 g/mol. The molecule has 0 saturated heterocycles. The zero-order valence-corrected chi connectivity index (χ0v) is 11.2. The van der Waals surface area contributed by atoms with Crippen LogP contribution in [0, 0.1) is 5.92 Å². The third kappa shape index (κ3) is 2.60. The molecule has 0 unspecified atom stereocenters. The summed E-state index contributed by atoms with van der Waals surface area (Å²) in [5.74, 6) is 0.826. The van der Waals surface area contributed by atoms with E-state index in [0.717, 1.165) is 21.7 Å². The predicted molar refractivity (Wildman–Crippen MR) is 64.2 cm³/mol. The van der Waals surface area contributed by atoms with Crippen LogP contribution in [0.5, 0.6) is 0 Å². The lowest BCUT2D eigenvalue weighted by Crippen LogP contribution is -2.15. The van der Waals surface area contributed by atoms with Crippen molar-refractivity contribution in [2.24, 2.45) is 5.92 Å². The summed E-state index contributed by atoms with van der Waals surface area (Å²) in [5.41, 5.74) is 0. The Bertz CT molecular complexity index is 303. The number of halogens is 2. The Balaban J connectivity index is 1.98. The third-order valence-electron chi connectivity index (χ3n) is 2.86. The van der Waals surface area contributed by atoms with Gasteiger partial charge in [-0.15, -0.1) is 0 Å². The second-order valence-corrected chi connectivity index (χ2v) is 5.60. The summed E-state index contributed by atoms with van der Waals surface area (Å²) in [6.45, 7) is 1.06. The molecule has 1 saturated carbocycles. The van der Waals surface area contributed by atoms with Gasteiger partial charge in [-0.2, -0.15) is 5.10 Å². The highest BCUT2D eigenvalue weighted by Gasteiger charge is 2.15. The summed E-state index contributed by atoms with van der Waals surface area (Å²) < 4.78 is 4.05. The minimum atomic E-state index is 0.826. The number of hydrogen-bond acceptors (Lipinski definition) is 1. The van der Waals surface area contributed by atoms with E-state index in [0.29, 0.717) is 0 Å². The molecule has 0 bridgehead atoms. The lowest BCUT2D eigenvalue weighted by molar-refractivity contribution is 0.305. The molecule has 0 spiro atoms. The molecule has 14 heavy (non-hydrogen) atoms. The smallest absolute Gasteiger partial charge is 0.129 e. The van der Waals surface area contributed by atoms with Crippen molar-refractivity contribution in [1.29, 1.82) is 0 Å². The van der Waals surface area contributed by atoms with Crippen LogP contribution in [0.1, 0.15) is 32.1 Å². The lowest BCUT2D eigenvalue weighted by Gasteiger charge is -2.21. The predicted octanol–water partition coefficient (Wildman–Crippen LogP) is 3.99. The van der Waals surface area contributed by atoms with E-state index in [9.17, 15) is 0 Å². The van der Waals surface area contributed by atoms with Gasteiger partial charge in [0.25, 0.3) is 0 Å². The first kappa shape index (κ1) is 10.7. The molecule has 2 rings (SSSR count). The maximum atomic E-state index is 4.39. The molecule has 0 radical (unpaired) electrons. The maximum absolute atomic E-state index is 4.39. The van der Waals surface area contributed by atoms with Gasteiger partial charge in [0.05, 0.1) is 0 Å². The number of aromatic nitrogens is 2. The quantitative estimate of drug-likeness (QED) is 0.805. The van der Waals surface area contributed by atoms with Gasteiger partial charge in [0.1, 0.15) is 9.21 Å². The van der Waals surface area contributed by atoms with Gasteiger partial charge >= 0.3 is 0 Å². The van der Waals surface area contributed by atoms with Gasteiger partial charge < -0.3 is 0 Å². The molecule has 0 aromatic carbocycles. The Hall–Kier alpha value is 0.170. The Morgan fingerprint density at radius 2 is 2.00 bits per heavy atom. The van der Waals surface area contributed by atoms with Gasteiger partial charge in [-0.3, -0.25) is 4.68 Å². The van der Waals surface area contributed by atoms with Crippen molar-refractivity contribution in [3.05, 3.63) is 15.3 Å². The average Bonchev–Trinajstić information content (AvgIpc) is 2.47. The third-order valence-corrected chi connectivity index (χ3v) is 3.88. The summed E-state index contributed by atoms with van der Waals surface area (Å²) >= 11 is 6.90. The van der Waals surface area contributed by atoms with Crippen molar-refractivity contribution in [2.75, 3.05) is 0 Å². The zero-order valence-electron chi connectivity index (χ0n) is 8.05. The van der Waals surface area contributed by atoms with E-state index >= 15 is 0 Å². The maximum Gasteiger partial charge on any atom is 0.129 e. The molecular formula is C10H14Br2N2. The van der Waals surface area contributed by atoms with Crippen molar-refractivity contribution < 1.29 is 0 Å². The van der Waals surface area contributed by atoms with E-state index in [-0.39, 0.29) is 0 Å². The topological polar surface area (TPSA) is 17.8 Å². The van der Waals surface area contributed by atoms with Crippen LogP contribution in [0.25, 0.3) is 0 Å². The van der Waals surface area contributed by atoms with Gasteiger partial charge in [0, 0.05) is 12.6 Å². The van der Waals surface area contributed by atoms with Crippen molar-refractivity contribution in [3.8, 4) is 0 Å². The largest absolute Gasteiger partial charge is 0.257 e. The van der Waals surface area contributed by atoms with Crippen LogP contribution < -0.4 is 0 Å². The monoisotopic (exact) mass is 320 g/mol. The second-order valence-electron chi connectivity index (χ2n) is 3.98. The molecule has 1 heterocycles. The molecule has 1 aliphatic carbocycles. The molecule has 0 aliphatic heterocycles. The van der Waals surface area contributed by atoms with Crippen LogP contribution in [-0.2, 0) is 6.54 Å². The number of rotatable bonds is 2. The fourth-order valence-electron chi connectivity index (χ4n) is 2.11. The Labute approximate surface area is 101 Å². The molecule has 1 aliphatic rings. The summed E-state index contributed by atoms with van der Waals surface area (Å²) in [4.78, 5) is 0. The lowest BCUT2D eigenvalue weighted by atomic mass is 9.89. The van der Waals surface area contributed by atoms with Crippen LogP contribution in [0.4, 0.5) is 0 Å². The summed E-state index contributed by atoms with van der Waals surface area (Å²) in [7, 11) is 0. The molecular weight excluding hydrogens is 308 g/mol. The Morgan fingerprint density at radius 1 is 1.29 bits per heavy atom. The Kier molecular flexibility index (Phi) is 3.66. The highest BCUT2D eigenvalue weighted by Crippen LogP contribution is 2.26. The first-order valence-corrected chi connectivity index (χ1v) is 6.73. The van der Waals surface area contributed by atoms with Gasteiger partial charge in [0.2, 0.25) is 0 Å². The van der Waals surface area contributed by atoms with E-state index in [2.05, 4.69) is 41.6 Å². The van der Waals surface area contributed by atoms with Gasteiger partial charge in [-0.1, -0.05) is 19.3 Å². The molecule has 78 valence electrons. The molecule has 1 fully saturated rings. The summed E-state index contributed by atoms with van der Waals surface area (Å²) in [6, 6.07) is 2.00. The molecule has 4 heteroatoms. The minimum Gasteiger partial charge on any atom is -0.257 e. The Morgan fingerprint density at radius 3 is 2.57 bits per heavy atom. The van der Waals surface area contributed by atoms with Crippen LogP contribution in [0.15, 0.2) is 15.3 Å². The second kappa shape index (κ2) is 4.79. The molecule has 0 atom stereocenters. The minimum absolute atomic E-state index is 0.826.